The number of para-hydroxylation sites is 1. The third kappa shape index (κ3) is 4.14. The molecule has 0 spiro atoms. The van der Waals surface area contributed by atoms with Crippen LogP contribution in [0.3, 0.4) is 0 Å². The van der Waals surface area contributed by atoms with Crippen molar-refractivity contribution >= 4 is 39.7 Å². The van der Waals surface area contributed by atoms with E-state index in [0.717, 1.165) is 57.4 Å². The van der Waals surface area contributed by atoms with Crippen LogP contribution < -0.4 is 15.1 Å². The topological polar surface area (TPSA) is 64.3 Å². The minimum absolute atomic E-state index is 0.109. The first-order valence-corrected chi connectivity index (χ1v) is 14.0. The number of methoxy groups -OCH3 is 2. The van der Waals surface area contributed by atoms with Crippen LogP contribution in [-0.2, 0) is 0 Å². The van der Waals surface area contributed by atoms with Crippen molar-refractivity contribution in [2.75, 3.05) is 14.2 Å². The Morgan fingerprint density at radius 3 is 2.42 bits per heavy atom. The molecule has 40 heavy (non-hydrogen) atoms. The molecule has 4 aromatic rings. The summed E-state index contributed by atoms with van der Waals surface area (Å²) >= 11 is 1.54. The molecule has 0 fully saturated rings. The number of aliphatic imine (C=N–C) groups is 1. The molecule has 0 radical (unpaired) electrons. The van der Waals surface area contributed by atoms with E-state index < -0.39 is 0 Å². The van der Waals surface area contributed by atoms with Gasteiger partial charge in [-0.15, -0.1) is 0 Å². The van der Waals surface area contributed by atoms with Gasteiger partial charge >= 0.3 is 5.63 Å². The monoisotopic (exact) mass is 546 g/mol. The van der Waals surface area contributed by atoms with Crippen LogP contribution in [-0.4, -0.2) is 24.3 Å². The van der Waals surface area contributed by atoms with E-state index in [1.54, 1.807) is 26.0 Å². The van der Waals surface area contributed by atoms with Gasteiger partial charge in [0.05, 0.1) is 37.2 Å². The predicted molar refractivity (Wildman–Crippen MR) is 160 cm³/mol. The summed E-state index contributed by atoms with van der Waals surface area (Å²) in [6, 6.07) is 25.7. The lowest BCUT2D eigenvalue weighted by atomic mass is 9.93. The predicted octanol–water partition coefficient (Wildman–Crippen LogP) is 7.40. The Labute approximate surface area is 235 Å². The lowest BCUT2D eigenvalue weighted by Crippen LogP contribution is -2.34. The Morgan fingerprint density at radius 2 is 1.68 bits per heavy atom. The van der Waals surface area contributed by atoms with Crippen LogP contribution in [0.1, 0.15) is 35.6 Å². The van der Waals surface area contributed by atoms with Crippen LogP contribution in [0.15, 0.2) is 115 Å². The number of hydrogen-bond acceptors (Lipinski definition) is 7. The Kier molecular flexibility index (Phi) is 6.09. The normalized spacial score (nSPS) is 19.0. The molecule has 6 nitrogen and oxygen atoms in total. The van der Waals surface area contributed by atoms with Gasteiger partial charge in [-0.05, 0) is 77.6 Å². The summed E-state index contributed by atoms with van der Waals surface area (Å²) in [6.45, 7) is 0. The second kappa shape index (κ2) is 9.92. The van der Waals surface area contributed by atoms with Crippen molar-refractivity contribution in [2.24, 2.45) is 4.99 Å². The zero-order valence-corrected chi connectivity index (χ0v) is 22.9. The molecule has 1 aliphatic carbocycles. The summed E-state index contributed by atoms with van der Waals surface area (Å²) in [7, 11) is 3.35. The molecule has 7 rings (SSSR count). The first-order valence-electron chi connectivity index (χ1n) is 13.1. The number of hydrogen-bond donors (Lipinski definition) is 0. The molecule has 198 valence electrons. The summed E-state index contributed by atoms with van der Waals surface area (Å²) in [5, 5.41) is 3.76. The number of nitrogens with zero attached hydrogens (tertiary/aromatic N) is 2. The minimum atomic E-state index is -0.355. The fraction of sp³-hybridized carbons (Fsp3) is 0.152. The van der Waals surface area contributed by atoms with Crippen molar-refractivity contribution in [1.82, 2.24) is 4.90 Å². The van der Waals surface area contributed by atoms with Gasteiger partial charge in [-0.25, -0.2) is 9.79 Å². The first-order chi connectivity index (χ1) is 19.6. The van der Waals surface area contributed by atoms with Gasteiger partial charge in [-0.1, -0.05) is 54.2 Å². The SMILES string of the molecule is COc1ccc(/C=C2\CCC3=C2N=C2SC=C(c4cc5ccccc5oc4=O)N2C3c2ccc(OC)cc2)cc1. The number of thioether (sulfide) groups is 1. The maximum Gasteiger partial charge on any atom is 0.345 e. The van der Waals surface area contributed by atoms with Crippen molar-refractivity contribution in [3.63, 3.8) is 0 Å². The van der Waals surface area contributed by atoms with Gasteiger partial charge < -0.3 is 18.8 Å². The Morgan fingerprint density at radius 1 is 0.950 bits per heavy atom. The number of rotatable bonds is 5. The van der Waals surface area contributed by atoms with Crippen molar-refractivity contribution in [1.29, 1.82) is 0 Å². The molecule has 7 heteroatoms. The van der Waals surface area contributed by atoms with E-state index in [2.05, 4.69) is 35.2 Å². The van der Waals surface area contributed by atoms with E-state index >= 15 is 0 Å². The van der Waals surface area contributed by atoms with E-state index in [1.165, 1.54) is 11.1 Å². The lowest BCUT2D eigenvalue weighted by Gasteiger charge is -2.36. The highest BCUT2D eigenvalue weighted by molar-refractivity contribution is 8.16. The highest BCUT2D eigenvalue weighted by Crippen LogP contribution is 2.52. The number of amidine groups is 1. The molecular formula is C33H26N2O4S. The van der Waals surface area contributed by atoms with E-state index in [-0.39, 0.29) is 11.7 Å². The van der Waals surface area contributed by atoms with Gasteiger partial charge in [0.25, 0.3) is 0 Å². The molecule has 1 atom stereocenters. The van der Waals surface area contributed by atoms with Crippen LogP contribution in [0.5, 0.6) is 11.5 Å². The van der Waals surface area contributed by atoms with E-state index in [1.807, 2.05) is 60.0 Å². The van der Waals surface area contributed by atoms with Gasteiger partial charge in [-0.2, -0.15) is 0 Å². The van der Waals surface area contributed by atoms with Gasteiger partial charge in [0, 0.05) is 10.8 Å². The summed E-state index contributed by atoms with van der Waals surface area (Å²) < 4.78 is 16.5. The standard InChI is InChI=1S/C33H26N2O4S/c1-37-24-12-7-20(8-13-24)17-23-11-16-26-30(23)34-33-35(31(26)21-9-14-25(38-2)15-10-21)28(19-40-33)27-18-22-5-3-4-6-29(22)39-32(27)36/h3-10,12-15,17-19,31H,11,16H2,1-2H3/b23-17+. The molecule has 0 saturated heterocycles. The molecule has 2 aliphatic heterocycles. The molecular weight excluding hydrogens is 520 g/mol. The Balaban J connectivity index is 1.34. The van der Waals surface area contributed by atoms with Crippen molar-refractivity contribution in [2.45, 2.75) is 18.9 Å². The van der Waals surface area contributed by atoms with E-state index in [9.17, 15) is 4.79 Å². The minimum Gasteiger partial charge on any atom is -0.497 e. The molecule has 0 saturated carbocycles. The smallest absolute Gasteiger partial charge is 0.345 e. The molecule has 3 heterocycles. The molecule has 3 aliphatic rings. The summed E-state index contributed by atoms with van der Waals surface area (Å²) in [4.78, 5) is 20.6. The van der Waals surface area contributed by atoms with Crippen LogP contribution in [0.2, 0.25) is 0 Å². The molecule has 1 unspecified atom stereocenters. The molecule has 1 aromatic heterocycles. The zero-order chi connectivity index (χ0) is 27.2. The van der Waals surface area contributed by atoms with Crippen LogP contribution >= 0.6 is 11.8 Å². The average Bonchev–Trinajstić information content (AvgIpc) is 3.60. The van der Waals surface area contributed by atoms with Gasteiger partial charge in [0.15, 0.2) is 5.17 Å². The van der Waals surface area contributed by atoms with Crippen molar-refractivity contribution in [3.05, 3.63) is 128 Å². The van der Waals surface area contributed by atoms with Crippen LogP contribution in [0.4, 0.5) is 0 Å². The van der Waals surface area contributed by atoms with E-state index in [0.29, 0.717) is 11.1 Å². The van der Waals surface area contributed by atoms with Crippen LogP contribution in [0.25, 0.3) is 22.7 Å². The average molecular weight is 547 g/mol. The third-order valence-corrected chi connectivity index (χ3v) is 8.45. The molecule has 0 N–H and O–H groups in total. The quantitative estimate of drug-likeness (QED) is 0.243. The van der Waals surface area contributed by atoms with Crippen LogP contribution in [0, 0.1) is 0 Å². The summed E-state index contributed by atoms with van der Waals surface area (Å²) in [6.07, 6.45) is 4.00. The van der Waals surface area contributed by atoms with E-state index in [4.69, 9.17) is 18.9 Å². The largest absolute Gasteiger partial charge is 0.497 e. The highest BCUT2D eigenvalue weighted by Gasteiger charge is 2.41. The lowest BCUT2D eigenvalue weighted by molar-refractivity contribution is 0.413. The second-order valence-corrected chi connectivity index (χ2v) is 10.7. The number of fused-ring (bicyclic) bond motifs is 2. The highest BCUT2D eigenvalue weighted by atomic mass is 32.2. The summed E-state index contributed by atoms with van der Waals surface area (Å²) in [5.74, 6) is 1.64. The Bertz CT molecular complexity index is 1810. The maximum absolute atomic E-state index is 13.2. The molecule has 3 aromatic carbocycles. The zero-order valence-electron chi connectivity index (χ0n) is 22.1. The third-order valence-electron chi connectivity index (χ3n) is 7.61. The number of ether oxygens (including phenoxy) is 2. The molecule has 0 amide bonds. The fourth-order valence-corrected chi connectivity index (χ4v) is 6.56. The maximum atomic E-state index is 13.2. The number of benzene rings is 3. The van der Waals surface area contributed by atoms with Crippen molar-refractivity contribution < 1.29 is 13.9 Å². The fourth-order valence-electron chi connectivity index (χ4n) is 5.64. The van der Waals surface area contributed by atoms with Gasteiger partial charge in [-0.3, -0.25) is 0 Å². The van der Waals surface area contributed by atoms with Gasteiger partial charge in [0.1, 0.15) is 17.1 Å². The number of allylic oxidation sites excluding steroid dienone is 1. The Hall–Kier alpha value is -4.49. The first kappa shape index (κ1) is 24.5. The summed E-state index contributed by atoms with van der Waals surface area (Å²) in [5.41, 5.74) is 7.29. The van der Waals surface area contributed by atoms with Gasteiger partial charge in [0.2, 0.25) is 0 Å². The molecule has 0 bridgehead atoms. The van der Waals surface area contributed by atoms with Crippen molar-refractivity contribution in [3.8, 4) is 11.5 Å². The second-order valence-electron chi connectivity index (χ2n) is 9.86.